The minimum absolute atomic E-state index is 0.214. The Morgan fingerprint density at radius 3 is 2.36 bits per heavy atom. The summed E-state index contributed by atoms with van der Waals surface area (Å²) < 4.78 is 11.9. The minimum atomic E-state index is -0.967. The van der Waals surface area contributed by atoms with E-state index in [0.29, 0.717) is 23.4 Å². The number of halogens is 1. The topological polar surface area (TPSA) is 55.8 Å². The molecule has 0 atom stereocenters. The number of aryl methyl sites for hydroxylation is 2. The first-order chi connectivity index (χ1) is 10.5. The zero-order chi connectivity index (χ0) is 16.1. The van der Waals surface area contributed by atoms with Crippen molar-refractivity contribution >= 4 is 21.9 Å². The summed E-state index contributed by atoms with van der Waals surface area (Å²) in [5.74, 6) is 0.476. The molecule has 2 aromatic rings. The van der Waals surface area contributed by atoms with Gasteiger partial charge in [-0.1, -0.05) is 12.1 Å². The van der Waals surface area contributed by atoms with Crippen molar-refractivity contribution in [1.82, 2.24) is 0 Å². The molecule has 2 rings (SSSR count). The van der Waals surface area contributed by atoms with Gasteiger partial charge in [-0.15, -0.1) is 0 Å². The van der Waals surface area contributed by atoms with E-state index < -0.39 is 5.97 Å². The molecular weight excluding hydrogens is 348 g/mol. The highest BCUT2D eigenvalue weighted by Gasteiger charge is 2.07. The lowest BCUT2D eigenvalue weighted by Crippen LogP contribution is -2.10. The Kier molecular flexibility index (Phi) is 5.44. The van der Waals surface area contributed by atoms with Gasteiger partial charge in [0.1, 0.15) is 24.7 Å². The van der Waals surface area contributed by atoms with Crippen molar-refractivity contribution in [2.45, 2.75) is 13.8 Å². The summed E-state index contributed by atoms with van der Waals surface area (Å²) in [5.41, 5.74) is 2.44. The molecule has 0 amide bonds. The molecular formula is C17H17BrO4. The Bertz CT molecular complexity index is 682. The molecule has 22 heavy (non-hydrogen) atoms. The number of rotatable bonds is 6. The van der Waals surface area contributed by atoms with Crippen LogP contribution in [0.25, 0.3) is 0 Å². The SMILES string of the molecule is Cc1ccc(C)c(OCCOc2ccc(C(=O)O)cc2Br)c1. The predicted octanol–water partition coefficient (Wildman–Crippen LogP) is 4.22. The van der Waals surface area contributed by atoms with Gasteiger partial charge in [-0.2, -0.15) is 0 Å². The van der Waals surface area contributed by atoms with Crippen molar-refractivity contribution in [3.63, 3.8) is 0 Å². The first-order valence-corrected chi connectivity index (χ1v) is 7.62. The van der Waals surface area contributed by atoms with Crippen LogP contribution in [0.5, 0.6) is 11.5 Å². The van der Waals surface area contributed by atoms with Gasteiger partial charge >= 0.3 is 5.97 Å². The van der Waals surface area contributed by atoms with Crippen LogP contribution < -0.4 is 9.47 Å². The third-order valence-electron chi connectivity index (χ3n) is 3.12. The molecule has 116 valence electrons. The third kappa shape index (κ3) is 4.24. The van der Waals surface area contributed by atoms with Gasteiger partial charge < -0.3 is 14.6 Å². The molecule has 0 saturated heterocycles. The number of aromatic carboxylic acids is 1. The Morgan fingerprint density at radius 2 is 1.73 bits per heavy atom. The molecule has 0 unspecified atom stereocenters. The molecule has 0 fully saturated rings. The van der Waals surface area contributed by atoms with Crippen LogP contribution in [0.4, 0.5) is 0 Å². The normalized spacial score (nSPS) is 10.3. The fourth-order valence-corrected chi connectivity index (χ4v) is 2.41. The summed E-state index contributed by atoms with van der Waals surface area (Å²) in [6.07, 6.45) is 0. The van der Waals surface area contributed by atoms with Crippen molar-refractivity contribution in [2.24, 2.45) is 0 Å². The van der Waals surface area contributed by atoms with Crippen molar-refractivity contribution in [1.29, 1.82) is 0 Å². The highest BCUT2D eigenvalue weighted by Crippen LogP contribution is 2.26. The predicted molar refractivity (Wildman–Crippen MR) is 88.0 cm³/mol. The Morgan fingerprint density at radius 1 is 1.05 bits per heavy atom. The molecule has 0 spiro atoms. The highest BCUT2D eigenvalue weighted by atomic mass is 79.9. The molecule has 0 aliphatic rings. The lowest BCUT2D eigenvalue weighted by Gasteiger charge is -2.12. The average molecular weight is 365 g/mol. The lowest BCUT2D eigenvalue weighted by atomic mass is 10.1. The van der Waals surface area contributed by atoms with E-state index in [1.165, 1.54) is 12.1 Å². The fourth-order valence-electron chi connectivity index (χ4n) is 1.92. The molecule has 0 aromatic heterocycles. The molecule has 2 aromatic carbocycles. The quantitative estimate of drug-likeness (QED) is 0.779. The van der Waals surface area contributed by atoms with E-state index in [4.69, 9.17) is 14.6 Å². The largest absolute Gasteiger partial charge is 0.490 e. The summed E-state index contributed by atoms with van der Waals surface area (Å²) in [4.78, 5) is 10.9. The van der Waals surface area contributed by atoms with Gasteiger partial charge in [0.25, 0.3) is 0 Å². The Labute approximate surface area is 137 Å². The standard InChI is InChI=1S/C17H17BrO4/c1-11-3-4-12(2)16(9-11)22-8-7-21-15-6-5-13(17(19)20)10-14(15)18/h3-6,9-10H,7-8H2,1-2H3,(H,19,20). The number of carboxylic acid groups (broad SMARTS) is 1. The first kappa shape index (κ1) is 16.4. The van der Waals surface area contributed by atoms with E-state index in [-0.39, 0.29) is 5.56 Å². The van der Waals surface area contributed by atoms with Crippen LogP contribution >= 0.6 is 15.9 Å². The second-order valence-electron chi connectivity index (χ2n) is 4.92. The van der Waals surface area contributed by atoms with Gasteiger partial charge in [-0.3, -0.25) is 0 Å². The van der Waals surface area contributed by atoms with E-state index in [1.54, 1.807) is 6.07 Å². The van der Waals surface area contributed by atoms with Gasteiger partial charge in [0.15, 0.2) is 0 Å². The molecule has 4 nitrogen and oxygen atoms in total. The summed E-state index contributed by atoms with van der Waals surface area (Å²) in [5, 5.41) is 8.91. The summed E-state index contributed by atoms with van der Waals surface area (Å²) in [7, 11) is 0. The van der Waals surface area contributed by atoms with E-state index in [0.717, 1.165) is 16.9 Å². The maximum Gasteiger partial charge on any atom is 0.335 e. The number of benzene rings is 2. The minimum Gasteiger partial charge on any atom is -0.490 e. The molecule has 1 N–H and O–H groups in total. The average Bonchev–Trinajstić information content (AvgIpc) is 2.48. The zero-order valence-corrected chi connectivity index (χ0v) is 14.0. The zero-order valence-electron chi connectivity index (χ0n) is 12.4. The van der Waals surface area contributed by atoms with Crippen LogP contribution in [0, 0.1) is 13.8 Å². The fraction of sp³-hybridized carbons (Fsp3) is 0.235. The Hall–Kier alpha value is -2.01. The molecule has 0 aliphatic heterocycles. The van der Waals surface area contributed by atoms with E-state index >= 15 is 0 Å². The molecule has 5 heteroatoms. The van der Waals surface area contributed by atoms with Crippen LogP contribution in [0.15, 0.2) is 40.9 Å². The Balaban J connectivity index is 1.89. The van der Waals surface area contributed by atoms with E-state index in [1.807, 2.05) is 32.0 Å². The summed E-state index contributed by atoms with van der Waals surface area (Å²) in [6.45, 7) is 4.80. The van der Waals surface area contributed by atoms with Crippen molar-refractivity contribution in [3.8, 4) is 11.5 Å². The number of hydrogen-bond acceptors (Lipinski definition) is 3. The molecule has 0 saturated carbocycles. The van der Waals surface area contributed by atoms with E-state index in [9.17, 15) is 4.79 Å². The number of hydrogen-bond donors (Lipinski definition) is 1. The van der Waals surface area contributed by atoms with Crippen LogP contribution in [0.3, 0.4) is 0 Å². The molecule has 0 aliphatic carbocycles. The molecule has 0 bridgehead atoms. The maximum absolute atomic E-state index is 10.9. The lowest BCUT2D eigenvalue weighted by molar-refractivity contribution is 0.0696. The van der Waals surface area contributed by atoms with Gasteiger partial charge in [-0.05, 0) is 65.2 Å². The second-order valence-corrected chi connectivity index (χ2v) is 5.77. The van der Waals surface area contributed by atoms with E-state index in [2.05, 4.69) is 15.9 Å². The van der Waals surface area contributed by atoms with Crippen molar-refractivity contribution in [2.75, 3.05) is 13.2 Å². The summed E-state index contributed by atoms with van der Waals surface area (Å²) in [6, 6.07) is 10.7. The van der Waals surface area contributed by atoms with Gasteiger partial charge in [0, 0.05) is 0 Å². The third-order valence-corrected chi connectivity index (χ3v) is 3.74. The monoisotopic (exact) mass is 364 g/mol. The van der Waals surface area contributed by atoms with Crippen LogP contribution in [0.1, 0.15) is 21.5 Å². The van der Waals surface area contributed by atoms with Crippen LogP contribution in [-0.2, 0) is 0 Å². The number of carboxylic acids is 1. The van der Waals surface area contributed by atoms with Gasteiger partial charge in [-0.25, -0.2) is 4.79 Å². The first-order valence-electron chi connectivity index (χ1n) is 6.83. The molecule has 0 heterocycles. The second kappa shape index (κ2) is 7.31. The summed E-state index contributed by atoms with van der Waals surface area (Å²) >= 11 is 3.30. The van der Waals surface area contributed by atoms with Crippen LogP contribution in [0.2, 0.25) is 0 Å². The van der Waals surface area contributed by atoms with Crippen LogP contribution in [-0.4, -0.2) is 24.3 Å². The number of carbonyl (C=O) groups is 1. The van der Waals surface area contributed by atoms with Gasteiger partial charge in [0.05, 0.1) is 10.0 Å². The highest BCUT2D eigenvalue weighted by molar-refractivity contribution is 9.10. The van der Waals surface area contributed by atoms with Gasteiger partial charge in [0.2, 0.25) is 0 Å². The van der Waals surface area contributed by atoms with Crippen molar-refractivity contribution < 1.29 is 19.4 Å². The van der Waals surface area contributed by atoms with Crippen molar-refractivity contribution in [3.05, 3.63) is 57.6 Å². The maximum atomic E-state index is 10.9. The number of ether oxygens (including phenoxy) is 2. The molecule has 0 radical (unpaired) electrons. The smallest absolute Gasteiger partial charge is 0.335 e.